The van der Waals surface area contributed by atoms with Crippen LogP contribution in [0.5, 0.6) is 0 Å². The first kappa shape index (κ1) is 17.1. The van der Waals surface area contributed by atoms with E-state index in [1.807, 2.05) is 0 Å². The second-order valence-corrected chi connectivity index (χ2v) is 5.36. The lowest BCUT2D eigenvalue weighted by Crippen LogP contribution is -2.24. The number of benzene rings is 1. The van der Waals surface area contributed by atoms with E-state index in [1.54, 1.807) is 28.2 Å². The fraction of sp³-hybridized carbons (Fsp3) is 0.400. The van der Waals surface area contributed by atoms with E-state index >= 15 is 0 Å². The molecule has 0 saturated carbocycles. The predicted octanol–water partition coefficient (Wildman–Crippen LogP) is 2.04. The first-order chi connectivity index (χ1) is 9.65. The second-order valence-electron chi connectivity index (χ2n) is 4.50. The molecular weight excluding hydrogens is 348 g/mol. The van der Waals surface area contributed by atoms with Crippen LogP contribution in [-0.2, 0) is 0 Å². The first-order valence-electron chi connectivity index (χ1n) is 5.68. The van der Waals surface area contributed by atoms with Gasteiger partial charge in [0.15, 0.2) is 0 Å². The molecule has 1 rings (SSSR count). The number of hydrazine groups is 2. The molecule has 0 amide bonds. The van der Waals surface area contributed by atoms with Gasteiger partial charge in [0.25, 0.3) is 0 Å². The van der Waals surface area contributed by atoms with Crippen molar-refractivity contribution in [3.05, 3.63) is 30.8 Å². The molecule has 0 atom stereocenters. The number of halogens is 1. The minimum Gasteiger partial charge on any atom is -0.312 e. The molecule has 116 valence electrons. The molecule has 0 spiro atoms. The van der Waals surface area contributed by atoms with Crippen molar-refractivity contribution in [2.45, 2.75) is 0 Å². The third-order valence-electron chi connectivity index (χ3n) is 2.28. The summed E-state index contributed by atoms with van der Waals surface area (Å²) < 4.78 is 0.221. The van der Waals surface area contributed by atoms with Gasteiger partial charge in [-0.05, 0) is 15.9 Å². The Morgan fingerprint density at radius 3 is 1.86 bits per heavy atom. The summed E-state index contributed by atoms with van der Waals surface area (Å²) in [5.74, 6) is 0. The van der Waals surface area contributed by atoms with Crippen LogP contribution in [0.3, 0.4) is 0 Å². The number of hydrogen-bond donors (Lipinski definition) is 2. The summed E-state index contributed by atoms with van der Waals surface area (Å²) in [6, 6.07) is 1.21. The molecule has 0 fully saturated rings. The molecule has 21 heavy (non-hydrogen) atoms. The van der Waals surface area contributed by atoms with E-state index in [0.717, 1.165) is 0 Å². The van der Waals surface area contributed by atoms with Crippen LogP contribution in [0, 0.1) is 20.2 Å². The average molecular weight is 363 g/mol. The Balaban J connectivity index is 3.67. The molecule has 0 aliphatic heterocycles. The van der Waals surface area contributed by atoms with E-state index in [9.17, 15) is 20.2 Å². The molecular formula is C10H15BrN6O4. The quantitative estimate of drug-likeness (QED) is 0.583. The van der Waals surface area contributed by atoms with E-state index in [2.05, 4.69) is 26.8 Å². The number of nitro benzene ring substituents is 2. The number of anilines is 2. The molecule has 11 heteroatoms. The highest BCUT2D eigenvalue weighted by Crippen LogP contribution is 2.45. The minimum atomic E-state index is -0.678. The number of nitrogens with zero attached hydrogens (tertiary/aromatic N) is 4. The molecule has 0 bridgehead atoms. The van der Waals surface area contributed by atoms with Gasteiger partial charge in [0.1, 0.15) is 5.69 Å². The van der Waals surface area contributed by atoms with E-state index < -0.39 is 21.2 Å². The van der Waals surface area contributed by atoms with Crippen molar-refractivity contribution in [1.82, 2.24) is 10.0 Å². The second kappa shape index (κ2) is 6.65. The highest BCUT2D eigenvalue weighted by molar-refractivity contribution is 9.10. The molecule has 0 aliphatic carbocycles. The Bertz CT molecular complexity index is 577. The van der Waals surface area contributed by atoms with Gasteiger partial charge in [0, 0.05) is 34.3 Å². The largest absolute Gasteiger partial charge is 0.326 e. The van der Waals surface area contributed by atoms with Crippen LogP contribution in [0.1, 0.15) is 0 Å². The van der Waals surface area contributed by atoms with Gasteiger partial charge in [-0.25, -0.2) is 10.0 Å². The van der Waals surface area contributed by atoms with Crippen molar-refractivity contribution in [3.63, 3.8) is 0 Å². The Morgan fingerprint density at radius 2 is 1.48 bits per heavy atom. The third-order valence-corrected chi connectivity index (χ3v) is 2.91. The molecule has 0 saturated heterocycles. The Hall–Kier alpha value is -1.98. The molecule has 0 unspecified atom stereocenters. The number of nitrogens with one attached hydrogen (secondary N) is 2. The normalized spacial score (nSPS) is 10.8. The molecule has 1 aromatic carbocycles. The zero-order valence-electron chi connectivity index (χ0n) is 11.9. The van der Waals surface area contributed by atoms with E-state index in [0.29, 0.717) is 0 Å². The molecule has 0 heterocycles. The van der Waals surface area contributed by atoms with Crippen LogP contribution in [0.4, 0.5) is 22.7 Å². The summed E-state index contributed by atoms with van der Waals surface area (Å²) in [6.45, 7) is 0. The number of rotatable bonds is 6. The number of hydrogen-bond acceptors (Lipinski definition) is 8. The van der Waals surface area contributed by atoms with E-state index in [-0.39, 0.29) is 15.8 Å². The molecule has 1 aromatic rings. The van der Waals surface area contributed by atoms with Crippen LogP contribution in [0.2, 0.25) is 0 Å². The molecule has 0 aromatic heterocycles. The summed E-state index contributed by atoms with van der Waals surface area (Å²) in [4.78, 5) is 21.2. The molecule has 2 N–H and O–H groups in total. The van der Waals surface area contributed by atoms with Gasteiger partial charge in [-0.3, -0.25) is 20.2 Å². The van der Waals surface area contributed by atoms with Gasteiger partial charge >= 0.3 is 11.4 Å². The van der Waals surface area contributed by atoms with Gasteiger partial charge in [-0.1, -0.05) is 0 Å². The predicted molar refractivity (Wildman–Crippen MR) is 82.1 cm³/mol. The maximum atomic E-state index is 11.4. The van der Waals surface area contributed by atoms with Crippen molar-refractivity contribution >= 4 is 38.7 Å². The van der Waals surface area contributed by atoms with Crippen LogP contribution in [0.25, 0.3) is 0 Å². The summed E-state index contributed by atoms with van der Waals surface area (Å²) in [6.07, 6.45) is 0. The highest BCUT2D eigenvalue weighted by Gasteiger charge is 2.32. The van der Waals surface area contributed by atoms with Crippen molar-refractivity contribution in [1.29, 1.82) is 0 Å². The average Bonchev–Trinajstić information content (AvgIpc) is 2.30. The summed E-state index contributed by atoms with van der Waals surface area (Å²) >= 11 is 3.12. The summed E-state index contributed by atoms with van der Waals surface area (Å²) in [7, 11) is 6.45. The van der Waals surface area contributed by atoms with Crippen LogP contribution in [0.15, 0.2) is 10.5 Å². The smallest absolute Gasteiger partial charge is 0.312 e. The summed E-state index contributed by atoms with van der Waals surface area (Å²) in [5, 5.41) is 25.4. The standard InChI is InChI=1S/C10H15BrN6O4/c1-14(2)12-8-6(11)5-7(16(18)19)9(13-15(3)4)10(8)17(20)21/h5,12-13H,1-4H3. The van der Waals surface area contributed by atoms with Gasteiger partial charge in [-0.2, -0.15) is 0 Å². The van der Waals surface area contributed by atoms with Crippen LogP contribution < -0.4 is 10.9 Å². The summed E-state index contributed by atoms with van der Waals surface area (Å²) in [5.41, 5.74) is 4.50. The van der Waals surface area contributed by atoms with E-state index in [4.69, 9.17) is 0 Å². The van der Waals surface area contributed by atoms with Gasteiger partial charge in [0.05, 0.1) is 14.3 Å². The molecule has 10 nitrogen and oxygen atoms in total. The van der Waals surface area contributed by atoms with Crippen LogP contribution in [-0.4, -0.2) is 48.1 Å². The fourth-order valence-electron chi connectivity index (χ4n) is 1.61. The van der Waals surface area contributed by atoms with Crippen molar-refractivity contribution in [3.8, 4) is 0 Å². The Labute approximate surface area is 129 Å². The van der Waals surface area contributed by atoms with Crippen molar-refractivity contribution in [2.75, 3.05) is 39.0 Å². The maximum Gasteiger partial charge on any atom is 0.326 e. The van der Waals surface area contributed by atoms with Crippen molar-refractivity contribution in [2.24, 2.45) is 0 Å². The first-order valence-corrected chi connectivity index (χ1v) is 6.47. The van der Waals surface area contributed by atoms with E-state index in [1.165, 1.54) is 16.1 Å². The Morgan fingerprint density at radius 1 is 1.00 bits per heavy atom. The monoisotopic (exact) mass is 362 g/mol. The van der Waals surface area contributed by atoms with Gasteiger partial charge in [-0.15, -0.1) is 0 Å². The maximum absolute atomic E-state index is 11.4. The minimum absolute atomic E-state index is 0.125. The lowest BCUT2D eigenvalue weighted by atomic mass is 10.2. The van der Waals surface area contributed by atoms with Crippen LogP contribution >= 0.6 is 15.9 Å². The lowest BCUT2D eigenvalue weighted by molar-refractivity contribution is -0.392. The zero-order chi connectivity index (χ0) is 16.3. The highest BCUT2D eigenvalue weighted by atomic mass is 79.9. The SMILES string of the molecule is CN(C)Nc1c(Br)cc([N+](=O)[O-])c(NN(C)C)c1[N+](=O)[O-]. The van der Waals surface area contributed by atoms with Crippen molar-refractivity contribution < 1.29 is 9.85 Å². The topological polar surface area (TPSA) is 117 Å². The molecule has 0 aliphatic rings. The Kier molecular flexibility index (Phi) is 5.41. The lowest BCUT2D eigenvalue weighted by Gasteiger charge is -2.19. The van der Waals surface area contributed by atoms with Gasteiger partial charge in [0.2, 0.25) is 5.69 Å². The molecule has 0 radical (unpaired) electrons. The fourth-order valence-corrected chi connectivity index (χ4v) is 2.11. The van der Waals surface area contributed by atoms with Gasteiger partial charge < -0.3 is 10.9 Å². The third kappa shape index (κ3) is 4.00. The number of nitro groups is 2. The zero-order valence-corrected chi connectivity index (χ0v) is 13.5.